The minimum absolute atomic E-state index is 0. The summed E-state index contributed by atoms with van der Waals surface area (Å²) in [6.07, 6.45) is 6.27. The predicted octanol–water partition coefficient (Wildman–Crippen LogP) is 3.31. The molecule has 0 unspecified atom stereocenters. The van der Waals surface area contributed by atoms with Crippen molar-refractivity contribution in [3.8, 4) is 0 Å². The van der Waals surface area contributed by atoms with Crippen LogP contribution in [0, 0.1) is 0 Å². The first-order chi connectivity index (χ1) is 11.2. The standard InChI is InChI=1S/C18H23N3OS.ClH/c1-23-12-10-16(19)18(22)21-17-13-15(9-11-20-17)8-7-14-5-3-2-4-6-14;/h2-6,9,11,13,16H,7-8,10,12,19H2,1H3,(H,20,21,22);1H/t16-;/m0./s1. The van der Waals surface area contributed by atoms with E-state index in [-0.39, 0.29) is 18.3 Å². The molecule has 2 rings (SSSR count). The summed E-state index contributed by atoms with van der Waals surface area (Å²) in [5, 5.41) is 2.80. The Morgan fingerprint density at radius 2 is 1.92 bits per heavy atom. The molecule has 6 heteroatoms. The van der Waals surface area contributed by atoms with Crippen molar-refractivity contribution in [2.45, 2.75) is 25.3 Å². The van der Waals surface area contributed by atoms with Crippen LogP contribution in [0.25, 0.3) is 0 Å². The number of hydrogen-bond donors (Lipinski definition) is 2. The molecule has 0 aliphatic carbocycles. The van der Waals surface area contributed by atoms with Gasteiger partial charge >= 0.3 is 0 Å². The Morgan fingerprint density at radius 1 is 1.21 bits per heavy atom. The lowest BCUT2D eigenvalue weighted by atomic mass is 10.1. The van der Waals surface area contributed by atoms with Gasteiger partial charge in [0.05, 0.1) is 6.04 Å². The van der Waals surface area contributed by atoms with Crippen molar-refractivity contribution in [3.05, 3.63) is 59.8 Å². The van der Waals surface area contributed by atoms with E-state index in [1.54, 1.807) is 18.0 Å². The zero-order valence-electron chi connectivity index (χ0n) is 13.8. The number of carbonyl (C=O) groups is 1. The summed E-state index contributed by atoms with van der Waals surface area (Å²) in [6, 6.07) is 13.8. The van der Waals surface area contributed by atoms with Gasteiger partial charge in [0.15, 0.2) is 0 Å². The van der Waals surface area contributed by atoms with E-state index < -0.39 is 6.04 Å². The molecule has 2 aromatic rings. The van der Waals surface area contributed by atoms with Crippen molar-refractivity contribution in [2.24, 2.45) is 5.73 Å². The van der Waals surface area contributed by atoms with Crippen LogP contribution < -0.4 is 11.1 Å². The molecular formula is C18H24ClN3OS. The molecule has 0 aliphatic rings. The van der Waals surface area contributed by atoms with Crippen LogP contribution in [0.1, 0.15) is 17.5 Å². The van der Waals surface area contributed by atoms with Crippen molar-refractivity contribution in [1.82, 2.24) is 4.98 Å². The maximum Gasteiger partial charge on any atom is 0.242 e. The topological polar surface area (TPSA) is 68.0 Å². The molecule has 1 heterocycles. The van der Waals surface area contributed by atoms with Gasteiger partial charge in [-0.05, 0) is 54.5 Å². The van der Waals surface area contributed by atoms with Gasteiger partial charge in [0.2, 0.25) is 5.91 Å². The number of aromatic nitrogens is 1. The summed E-state index contributed by atoms with van der Waals surface area (Å²) in [7, 11) is 0. The van der Waals surface area contributed by atoms with Crippen molar-refractivity contribution in [2.75, 3.05) is 17.3 Å². The summed E-state index contributed by atoms with van der Waals surface area (Å²) in [6.45, 7) is 0. The maximum absolute atomic E-state index is 12.0. The number of rotatable bonds is 8. The molecular weight excluding hydrogens is 342 g/mol. The van der Waals surface area contributed by atoms with E-state index in [2.05, 4.69) is 22.4 Å². The lowest BCUT2D eigenvalue weighted by molar-refractivity contribution is -0.117. The third-order valence-electron chi connectivity index (χ3n) is 3.59. The van der Waals surface area contributed by atoms with E-state index in [0.717, 1.165) is 24.2 Å². The van der Waals surface area contributed by atoms with Crippen LogP contribution in [0.3, 0.4) is 0 Å². The summed E-state index contributed by atoms with van der Waals surface area (Å²) in [5.41, 5.74) is 8.32. The molecule has 1 aromatic heterocycles. The van der Waals surface area contributed by atoms with Gasteiger partial charge in [-0.3, -0.25) is 4.79 Å². The number of nitrogens with zero attached hydrogens (tertiary/aromatic N) is 1. The Kier molecular flexibility index (Phi) is 9.45. The van der Waals surface area contributed by atoms with Crippen LogP contribution in [-0.2, 0) is 17.6 Å². The van der Waals surface area contributed by atoms with Gasteiger partial charge in [0, 0.05) is 6.20 Å². The molecule has 0 aliphatic heterocycles. The van der Waals surface area contributed by atoms with Gasteiger partial charge in [-0.15, -0.1) is 12.4 Å². The van der Waals surface area contributed by atoms with Crippen molar-refractivity contribution in [3.63, 3.8) is 0 Å². The molecule has 4 nitrogen and oxygen atoms in total. The number of benzene rings is 1. The number of anilines is 1. The fourth-order valence-electron chi connectivity index (χ4n) is 2.23. The third kappa shape index (κ3) is 6.91. The van der Waals surface area contributed by atoms with Gasteiger partial charge in [-0.25, -0.2) is 4.98 Å². The highest BCUT2D eigenvalue weighted by Gasteiger charge is 2.13. The van der Waals surface area contributed by atoms with Crippen molar-refractivity contribution >= 4 is 35.9 Å². The molecule has 1 atom stereocenters. The molecule has 3 N–H and O–H groups in total. The highest BCUT2D eigenvalue weighted by molar-refractivity contribution is 7.98. The Labute approximate surface area is 154 Å². The first kappa shape index (κ1) is 20.5. The zero-order valence-corrected chi connectivity index (χ0v) is 15.4. The number of thioether (sulfide) groups is 1. The van der Waals surface area contributed by atoms with Crippen LogP contribution in [0.4, 0.5) is 5.82 Å². The molecule has 0 saturated carbocycles. The summed E-state index contributed by atoms with van der Waals surface area (Å²) >= 11 is 1.68. The molecule has 0 bridgehead atoms. The predicted molar refractivity (Wildman–Crippen MR) is 105 cm³/mol. The number of hydrogen-bond acceptors (Lipinski definition) is 4. The average Bonchev–Trinajstić information content (AvgIpc) is 2.59. The van der Waals surface area contributed by atoms with Crippen molar-refractivity contribution < 1.29 is 4.79 Å². The Morgan fingerprint density at radius 3 is 2.62 bits per heavy atom. The quantitative estimate of drug-likeness (QED) is 0.753. The second kappa shape index (κ2) is 11.1. The number of halogens is 1. The maximum atomic E-state index is 12.0. The second-order valence-corrected chi connectivity index (χ2v) is 6.40. The lowest BCUT2D eigenvalue weighted by Gasteiger charge is -2.11. The molecule has 0 radical (unpaired) electrons. The third-order valence-corrected chi connectivity index (χ3v) is 4.23. The first-order valence-electron chi connectivity index (χ1n) is 7.73. The van der Waals surface area contributed by atoms with Crippen LogP contribution in [-0.4, -0.2) is 28.9 Å². The smallest absolute Gasteiger partial charge is 0.242 e. The van der Waals surface area contributed by atoms with Crippen LogP contribution in [0.5, 0.6) is 0 Å². The number of carbonyl (C=O) groups excluding carboxylic acids is 1. The average molecular weight is 366 g/mol. The van der Waals surface area contributed by atoms with E-state index in [1.807, 2.05) is 36.6 Å². The molecule has 24 heavy (non-hydrogen) atoms. The lowest BCUT2D eigenvalue weighted by Crippen LogP contribution is -2.36. The van der Waals surface area contributed by atoms with Gasteiger partial charge in [0.1, 0.15) is 5.82 Å². The monoisotopic (exact) mass is 365 g/mol. The van der Waals surface area contributed by atoms with E-state index in [4.69, 9.17) is 5.73 Å². The van der Waals surface area contributed by atoms with E-state index >= 15 is 0 Å². The fourth-order valence-corrected chi connectivity index (χ4v) is 2.72. The Hall–Kier alpha value is -1.56. The normalized spacial score (nSPS) is 11.4. The molecule has 130 valence electrons. The minimum Gasteiger partial charge on any atom is -0.320 e. The van der Waals surface area contributed by atoms with E-state index in [9.17, 15) is 4.79 Å². The number of aryl methyl sites for hydroxylation is 2. The van der Waals surface area contributed by atoms with Crippen LogP contribution in [0.2, 0.25) is 0 Å². The fraction of sp³-hybridized carbons (Fsp3) is 0.333. The summed E-state index contributed by atoms with van der Waals surface area (Å²) < 4.78 is 0. The largest absolute Gasteiger partial charge is 0.320 e. The number of nitrogens with two attached hydrogens (primary N) is 1. The molecule has 0 spiro atoms. The molecule has 0 fully saturated rings. The number of amides is 1. The number of nitrogens with one attached hydrogen (secondary N) is 1. The highest BCUT2D eigenvalue weighted by atomic mass is 35.5. The second-order valence-electron chi connectivity index (χ2n) is 5.41. The van der Waals surface area contributed by atoms with Crippen LogP contribution in [0.15, 0.2) is 48.7 Å². The van der Waals surface area contributed by atoms with E-state index in [1.165, 1.54) is 5.56 Å². The molecule has 0 saturated heterocycles. The zero-order chi connectivity index (χ0) is 16.5. The van der Waals surface area contributed by atoms with Crippen molar-refractivity contribution in [1.29, 1.82) is 0 Å². The Balaban J connectivity index is 0.00000288. The summed E-state index contributed by atoms with van der Waals surface area (Å²) in [5.74, 6) is 1.27. The molecule has 1 aromatic carbocycles. The summed E-state index contributed by atoms with van der Waals surface area (Å²) in [4.78, 5) is 16.2. The van der Waals surface area contributed by atoms with Gasteiger partial charge < -0.3 is 11.1 Å². The number of pyridine rings is 1. The molecule has 1 amide bonds. The highest BCUT2D eigenvalue weighted by Crippen LogP contribution is 2.11. The van der Waals surface area contributed by atoms with Gasteiger partial charge in [0.25, 0.3) is 0 Å². The van der Waals surface area contributed by atoms with Crippen LogP contribution >= 0.6 is 24.2 Å². The van der Waals surface area contributed by atoms with Gasteiger partial charge in [-0.2, -0.15) is 11.8 Å². The Bertz CT molecular complexity index is 625. The minimum atomic E-state index is -0.489. The first-order valence-corrected chi connectivity index (χ1v) is 9.12. The SMILES string of the molecule is CSCC[C@H](N)C(=O)Nc1cc(CCc2ccccc2)ccn1.Cl. The van der Waals surface area contributed by atoms with E-state index in [0.29, 0.717) is 12.2 Å². The van der Waals surface area contributed by atoms with Gasteiger partial charge in [-0.1, -0.05) is 30.3 Å².